The fourth-order valence-corrected chi connectivity index (χ4v) is 6.06. The first kappa shape index (κ1) is 21.7. The lowest BCUT2D eigenvalue weighted by molar-refractivity contribution is -0.116. The number of carbonyl (C=O) groups excluding carboxylic acids is 2. The van der Waals surface area contributed by atoms with Crippen LogP contribution >= 0.6 is 23.1 Å². The van der Waals surface area contributed by atoms with Gasteiger partial charge in [0.25, 0.3) is 5.91 Å². The number of amides is 2. The number of hydrogen-bond donors (Lipinski definition) is 1. The van der Waals surface area contributed by atoms with E-state index in [0.717, 1.165) is 37.9 Å². The van der Waals surface area contributed by atoms with Crippen LogP contribution in [0.15, 0.2) is 71.1 Å². The summed E-state index contributed by atoms with van der Waals surface area (Å²) in [5.74, 6) is 0.303. The lowest BCUT2D eigenvalue weighted by Crippen LogP contribution is -2.36. The number of aromatic nitrogens is 1. The number of hydrogen-bond acceptors (Lipinski definition) is 5. The maximum absolute atomic E-state index is 13.0. The van der Waals surface area contributed by atoms with Gasteiger partial charge in [-0.1, -0.05) is 47.7 Å². The number of para-hydroxylation sites is 1. The van der Waals surface area contributed by atoms with Gasteiger partial charge in [0, 0.05) is 23.0 Å². The van der Waals surface area contributed by atoms with Crippen LogP contribution in [-0.2, 0) is 11.2 Å². The van der Waals surface area contributed by atoms with Crippen molar-refractivity contribution in [1.29, 1.82) is 0 Å². The van der Waals surface area contributed by atoms with Crippen molar-refractivity contribution in [3.05, 3.63) is 83.4 Å². The molecule has 0 saturated heterocycles. The molecule has 1 atom stereocenters. The van der Waals surface area contributed by atoms with Crippen molar-refractivity contribution in [2.75, 3.05) is 16.0 Å². The monoisotopic (exact) mass is 473 g/mol. The second kappa shape index (κ2) is 9.00. The molecule has 1 N–H and O–H groups in total. The Balaban J connectivity index is 1.26. The number of thioether (sulfide) groups is 1. The predicted molar refractivity (Wildman–Crippen MR) is 137 cm³/mol. The Labute approximate surface area is 200 Å². The topological polar surface area (TPSA) is 62.3 Å². The van der Waals surface area contributed by atoms with Crippen LogP contribution in [-0.4, -0.2) is 28.6 Å². The summed E-state index contributed by atoms with van der Waals surface area (Å²) in [6.07, 6.45) is 0.894. The van der Waals surface area contributed by atoms with E-state index in [0.29, 0.717) is 11.3 Å². The van der Waals surface area contributed by atoms with Gasteiger partial charge in [0.2, 0.25) is 5.91 Å². The molecule has 1 aliphatic heterocycles. The molecule has 0 bridgehead atoms. The van der Waals surface area contributed by atoms with E-state index in [2.05, 4.69) is 23.3 Å². The third-order valence-corrected chi connectivity index (χ3v) is 7.88. The first-order valence-corrected chi connectivity index (χ1v) is 12.6. The molecule has 0 saturated carbocycles. The molecule has 7 heteroatoms. The number of aryl methyl sites for hydroxylation is 1. The SMILES string of the molecule is Cc1ccc(C(=O)Nc2ccc3nc(SCC(=O)N4c5ccccc5C[C@@H]4C)sc3c2)cc1. The van der Waals surface area contributed by atoms with Crippen molar-refractivity contribution < 1.29 is 9.59 Å². The summed E-state index contributed by atoms with van der Waals surface area (Å²) in [5, 5.41) is 2.95. The average Bonchev–Trinajstić information content (AvgIpc) is 3.37. The van der Waals surface area contributed by atoms with Crippen molar-refractivity contribution in [2.45, 2.75) is 30.6 Å². The average molecular weight is 474 g/mol. The maximum atomic E-state index is 13.0. The standard InChI is InChI=1S/C26H23N3O2S2/c1-16-7-9-18(10-8-16)25(31)27-20-11-12-21-23(14-20)33-26(28-21)32-15-24(30)29-17(2)13-19-5-3-4-6-22(19)29/h3-12,14,17H,13,15H2,1-2H3,(H,27,31)/t17-/m0/s1. The first-order valence-electron chi connectivity index (χ1n) is 10.8. The van der Waals surface area contributed by atoms with E-state index in [1.807, 2.05) is 72.5 Å². The highest BCUT2D eigenvalue weighted by Gasteiger charge is 2.30. The van der Waals surface area contributed by atoms with E-state index in [1.165, 1.54) is 28.7 Å². The lowest BCUT2D eigenvalue weighted by Gasteiger charge is -2.22. The molecule has 0 radical (unpaired) electrons. The Kier molecular flexibility index (Phi) is 5.91. The quantitative estimate of drug-likeness (QED) is 0.365. The predicted octanol–water partition coefficient (Wildman–Crippen LogP) is 5.93. The molecule has 3 aromatic carbocycles. The van der Waals surface area contributed by atoms with Gasteiger partial charge in [-0.15, -0.1) is 11.3 Å². The number of nitrogens with one attached hydrogen (secondary N) is 1. The molecule has 33 heavy (non-hydrogen) atoms. The van der Waals surface area contributed by atoms with Crippen molar-refractivity contribution in [2.24, 2.45) is 0 Å². The summed E-state index contributed by atoms with van der Waals surface area (Å²) in [7, 11) is 0. The number of rotatable bonds is 5. The van der Waals surface area contributed by atoms with E-state index in [9.17, 15) is 9.59 Å². The Morgan fingerprint density at radius 3 is 2.73 bits per heavy atom. The molecule has 2 amide bonds. The van der Waals surface area contributed by atoms with E-state index in [-0.39, 0.29) is 17.9 Å². The molecule has 0 unspecified atom stereocenters. The number of nitrogens with zero attached hydrogens (tertiary/aromatic N) is 2. The molecule has 0 fully saturated rings. The van der Waals surface area contributed by atoms with Gasteiger partial charge in [-0.2, -0.15) is 0 Å². The molecule has 5 nitrogen and oxygen atoms in total. The highest BCUT2D eigenvalue weighted by Crippen LogP contribution is 2.35. The van der Waals surface area contributed by atoms with Gasteiger partial charge in [-0.05, 0) is 62.2 Å². The molecule has 4 aromatic rings. The third-order valence-electron chi connectivity index (χ3n) is 5.74. The second-order valence-electron chi connectivity index (χ2n) is 8.22. The molecule has 5 rings (SSSR count). The van der Waals surface area contributed by atoms with E-state index < -0.39 is 0 Å². The number of anilines is 2. The fraction of sp³-hybridized carbons (Fsp3) is 0.192. The van der Waals surface area contributed by atoms with Crippen molar-refractivity contribution in [3.8, 4) is 0 Å². The van der Waals surface area contributed by atoms with Crippen LogP contribution in [0.5, 0.6) is 0 Å². The van der Waals surface area contributed by atoms with Crippen LogP contribution in [0.25, 0.3) is 10.2 Å². The van der Waals surface area contributed by atoms with Gasteiger partial charge in [0.15, 0.2) is 4.34 Å². The third kappa shape index (κ3) is 4.51. The minimum atomic E-state index is -0.140. The van der Waals surface area contributed by atoms with Crippen LogP contribution in [0.2, 0.25) is 0 Å². The highest BCUT2D eigenvalue weighted by atomic mass is 32.2. The summed E-state index contributed by atoms with van der Waals surface area (Å²) >= 11 is 3.00. The number of fused-ring (bicyclic) bond motifs is 2. The normalized spacial score (nSPS) is 15.0. The van der Waals surface area contributed by atoms with Gasteiger partial charge < -0.3 is 10.2 Å². The summed E-state index contributed by atoms with van der Waals surface area (Å²) in [6.45, 7) is 4.08. The lowest BCUT2D eigenvalue weighted by atomic mass is 10.1. The van der Waals surface area contributed by atoms with E-state index in [4.69, 9.17) is 0 Å². The summed E-state index contributed by atoms with van der Waals surface area (Å²) in [5.41, 5.74) is 5.58. The van der Waals surface area contributed by atoms with Crippen LogP contribution in [0.3, 0.4) is 0 Å². The zero-order valence-electron chi connectivity index (χ0n) is 18.4. The molecule has 1 aromatic heterocycles. The van der Waals surface area contributed by atoms with E-state index >= 15 is 0 Å². The number of benzene rings is 3. The molecule has 1 aliphatic rings. The van der Waals surface area contributed by atoms with Gasteiger partial charge in [-0.3, -0.25) is 9.59 Å². The summed E-state index contributed by atoms with van der Waals surface area (Å²) in [4.78, 5) is 32.1. The molecule has 0 aliphatic carbocycles. The minimum absolute atomic E-state index is 0.0998. The second-order valence-corrected chi connectivity index (χ2v) is 10.5. The van der Waals surface area contributed by atoms with Gasteiger partial charge in [-0.25, -0.2) is 4.98 Å². The highest BCUT2D eigenvalue weighted by molar-refractivity contribution is 8.01. The molecular formula is C26H23N3O2S2. The molecular weight excluding hydrogens is 450 g/mol. The van der Waals surface area contributed by atoms with Crippen LogP contribution in [0.4, 0.5) is 11.4 Å². The number of carbonyl (C=O) groups is 2. The summed E-state index contributed by atoms with van der Waals surface area (Å²) < 4.78 is 1.83. The number of thiazole rings is 1. The summed E-state index contributed by atoms with van der Waals surface area (Å²) in [6, 6.07) is 21.5. The minimum Gasteiger partial charge on any atom is -0.322 e. The van der Waals surface area contributed by atoms with Crippen molar-refractivity contribution in [1.82, 2.24) is 4.98 Å². The first-order chi connectivity index (χ1) is 16.0. The largest absolute Gasteiger partial charge is 0.322 e. The van der Waals surface area contributed by atoms with Gasteiger partial charge in [0.05, 0.1) is 16.0 Å². The fourth-order valence-electron chi connectivity index (χ4n) is 4.09. The van der Waals surface area contributed by atoms with Crippen LogP contribution in [0.1, 0.15) is 28.4 Å². The van der Waals surface area contributed by atoms with Crippen LogP contribution in [0, 0.1) is 6.92 Å². The van der Waals surface area contributed by atoms with Gasteiger partial charge in [0.1, 0.15) is 0 Å². The molecule has 2 heterocycles. The van der Waals surface area contributed by atoms with Gasteiger partial charge >= 0.3 is 0 Å². The smallest absolute Gasteiger partial charge is 0.255 e. The zero-order valence-corrected chi connectivity index (χ0v) is 20.0. The molecule has 0 spiro atoms. The maximum Gasteiger partial charge on any atom is 0.255 e. The Morgan fingerprint density at radius 1 is 1.12 bits per heavy atom. The van der Waals surface area contributed by atoms with Crippen molar-refractivity contribution in [3.63, 3.8) is 0 Å². The Morgan fingerprint density at radius 2 is 1.91 bits per heavy atom. The zero-order chi connectivity index (χ0) is 22.9. The Bertz CT molecular complexity index is 1350. The Hall–Kier alpha value is -3.16. The molecule has 166 valence electrons. The van der Waals surface area contributed by atoms with Crippen LogP contribution < -0.4 is 10.2 Å². The van der Waals surface area contributed by atoms with Crippen molar-refractivity contribution >= 4 is 56.5 Å². The van der Waals surface area contributed by atoms with E-state index in [1.54, 1.807) is 0 Å².